The number of hydrogen-bond donors (Lipinski definition) is 1. The van der Waals surface area contributed by atoms with Crippen molar-refractivity contribution in [3.8, 4) is 0 Å². The summed E-state index contributed by atoms with van der Waals surface area (Å²) >= 11 is 5.91. The maximum Gasteiger partial charge on any atom is 0.323 e. The van der Waals surface area contributed by atoms with Crippen LogP contribution in [0.2, 0.25) is 5.02 Å². The summed E-state index contributed by atoms with van der Waals surface area (Å²) in [5, 5.41) is 9.85. The molecule has 2 rings (SSSR count). The number of rotatable bonds is 5. The first-order valence-corrected chi connectivity index (χ1v) is 7.16. The first kappa shape index (κ1) is 15.4. The minimum atomic E-state index is -0.851. The Morgan fingerprint density at radius 1 is 1.14 bits per heavy atom. The predicted octanol–water partition coefficient (Wildman–Crippen LogP) is 4.30. The Labute approximate surface area is 129 Å². The van der Waals surface area contributed by atoms with E-state index in [1.807, 2.05) is 67.3 Å². The Balaban J connectivity index is 2.32. The number of aryl methyl sites for hydroxylation is 1. The number of carboxylic acid groups (broad SMARTS) is 1. The molecule has 0 radical (unpaired) electrons. The van der Waals surface area contributed by atoms with Crippen LogP contribution in [-0.2, 0) is 4.79 Å². The Morgan fingerprint density at radius 3 is 2.24 bits per heavy atom. The molecule has 0 aliphatic heterocycles. The zero-order valence-electron chi connectivity index (χ0n) is 12.1. The van der Waals surface area contributed by atoms with Gasteiger partial charge in [0.1, 0.15) is 6.54 Å². The summed E-state index contributed by atoms with van der Waals surface area (Å²) in [5.41, 5.74) is 3.07. The van der Waals surface area contributed by atoms with E-state index in [2.05, 4.69) is 0 Å². The van der Waals surface area contributed by atoms with Crippen molar-refractivity contribution in [2.24, 2.45) is 0 Å². The predicted molar refractivity (Wildman–Crippen MR) is 86.0 cm³/mol. The highest BCUT2D eigenvalue weighted by Crippen LogP contribution is 2.27. The average Bonchev–Trinajstić information content (AvgIpc) is 2.46. The molecule has 0 saturated carbocycles. The van der Waals surface area contributed by atoms with Crippen LogP contribution >= 0.6 is 11.6 Å². The van der Waals surface area contributed by atoms with Gasteiger partial charge in [-0.3, -0.25) is 4.79 Å². The largest absolute Gasteiger partial charge is 0.480 e. The number of hydrogen-bond acceptors (Lipinski definition) is 2. The molecule has 110 valence electrons. The highest BCUT2D eigenvalue weighted by molar-refractivity contribution is 6.30. The van der Waals surface area contributed by atoms with Crippen molar-refractivity contribution in [1.29, 1.82) is 0 Å². The molecule has 0 aliphatic carbocycles. The number of aliphatic carboxylic acids is 1. The van der Waals surface area contributed by atoms with E-state index in [9.17, 15) is 9.90 Å². The van der Waals surface area contributed by atoms with Gasteiger partial charge in [0, 0.05) is 10.7 Å². The number of nitrogens with zero attached hydrogens (tertiary/aromatic N) is 1. The van der Waals surface area contributed by atoms with Crippen LogP contribution in [0, 0.1) is 6.92 Å². The van der Waals surface area contributed by atoms with Crippen molar-refractivity contribution >= 4 is 23.3 Å². The van der Waals surface area contributed by atoms with Crippen LogP contribution in [0.5, 0.6) is 0 Å². The van der Waals surface area contributed by atoms with Gasteiger partial charge in [-0.25, -0.2) is 0 Å². The molecule has 1 atom stereocenters. The molecule has 3 nitrogen and oxygen atoms in total. The van der Waals surface area contributed by atoms with E-state index in [0.717, 1.165) is 16.8 Å². The minimum absolute atomic E-state index is 0.0488. The van der Waals surface area contributed by atoms with Crippen LogP contribution in [0.3, 0.4) is 0 Å². The number of benzene rings is 2. The van der Waals surface area contributed by atoms with Gasteiger partial charge in [0.25, 0.3) is 0 Å². The van der Waals surface area contributed by atoms with Gasteiger partial charge < -0.3 is 10.0 Å². The summed E-state index contributed by atoms with van der Waals surface area (Å²) in [4.78, 5) is 13.0. The summed E-state index contributed by atoms with van der Waals surface area (Å²) in [6.45, 7) is 3.95. The number of halogens is 1. The number of carbonyl (C=O) groups is 1. The zero-order chi connectivity index (χ0) is 15.4. The SMILES string of the molecule is Cc1ccc(N(CC(=O)O)C(C)c2ccc(Cl)cc2)cc1. The van der Waals surface area contributed by atoms with Gasteiger partial charge >= 0.3 is 5.97 Å². The van der Waals surface area contributed by atoms with E-state index in [-0.39, 0.29) is 12.6 Å². The van der Waals surface area contributed by atoms with Crippen LogP contribution in [0.1, 0.15) is 24.1 Å². The van der Waals surface area contributed by atoms with E-state index in [4.69, 9.17) is 11.6 Å². The molecule has 0 amide bonds. The van der Waals surface area contributed by atoms with E-state index >= 15 is 0 Å². The van der Waals surface area contributed by atoms with Crippen LogP contribution in [-0.4, -0.2) is 17.6 Å². The average molecular weight is 304 g/mol. The molecule has 0 heterocycles. The molecule has 0 spiro atoms. The van der Waals surface area contributed by atoms with Crippen molar-refractivity contribution in [3.63, 3.8) is 0 Å². The van der Waals surface area contributed by atoms with Gasteiger partial charge in [0.2, 0.25) is 0 Å². The summed E-state index contributed by atoms with van der Waals surface area (Å²) in [7, 11) is 0. The zero-order valence-corrected chi connectivity index (χ0v) is 12.8. The standard InChI is InChI=1S/C17H18ClNO2/c1-12-3-9-16(10-4-12)19(11-17(20)21)13(2)14-5-7-15(18)8-6-14/h3-10,13H,11H2,1-2H3,(H,20,21). The molecular weight excluding hydrogens is 286 g/mol. The number of carboxylic acids is 1. The van der Waals surface area contributed by atoms with Gasteiger partial charge in [0.05, 0.1) is 6.04 Å². The monoisotopic (exact) mass is 303 g/mol. The summed E-state index contributed by atoms with van der Waals surface area (Å²) in [6, 6.07) is 15.3. The second kappa shape index (κ2) is 6.64. The van der Waals surface area contributed by atoms with Gasteiger partial charge in [-0.2, -0.15) is 0 Å². The van der Waals surface area contributed by atoms with Crippen molar-refractivity contribution in [2.45, 2.75) is 19.9 Å². The number of anilines is 1. The lowest BCUT2D eigenvalue weighted by molar-refractivity contribution is -0.135. The first-order valence-electron chi connectivity index (χ1n) is 6.78. The molecule has 0 saturated heterocycles. The molecule has 1 unspecified atom stereocenters. The molecule has 0 fully saturated rings. The third-order valence-corrected chi connectivity index (χ3v) is 3.74. The van der Waals surface area contributed by atoms with E-state index in [1.54, 1.807) is 0 Å². The van der Waals surface area contributed by atoms with Gasteiger partial charge in [-0.05, 0) is 43.7 Å². The molecule has 21 heavy (non-hydrogen) atoms. The molecule has 4 heteroatoms. The molecule has 2 aromatic rings. The Morgan fingerprint density at radius 2 is 1.71 bits per heavy atom. The quantitative estimate of drug-likeness (QED) is 0.895. The highest BCUT2D eigenvalue weighted by atomic mass is 35.5. The highest BCUT2D eigenvalue weighted by Gasteiger charge is 2.19. The van der Waals surface area contributed by atoms with Gasteiger partial charge in [-0.1, -0.05) is 41.4 Å². The van der Waals surface area contributed by atoms with Crippen LogP contribution in [0.4, 0.5) is 5.69 Å². The van der Waals surface area contributed by atoms with Gasteiger partial charge in [0.15, 0.2) is 0 Å². The first-order chi connectivity index (χ1) is 9.97. The van der Waals surface area contributed by atoms with Crippen molar-refractivity contribution in [2.75, 3.05) is 11.4 Å². The van der Waals surface area contributed by atoms with Crippen molar-refractivity contribution in [1.82, 2.24) is 0 Å². The Bertz CT molecular complexity index is 608. The molecule has 0 bridgehead atoms. The Kier molecular flexibility index (Phi) is 4.86. The molecule has 2 aromatic carbocycles. The van der Waals surface area contributed by atoms with E-state index in [1.165, 1.54) is 0 Å². The third-order valence-electron chi connectivity index (χ3n) is 3.49. The second-order valence-corrected chi connectivity index (χ2v) is 5.52. The summed E-state index contributed by atoms with van der Waals surface area (Å²) in [5.74, 6) is -0.851. The lowest BCUT2D eigenvalue weighted by Gasteiger charge is -2.30. The van der Waals surface area contributed by atoms with Crippen LogP contribution in [0.25, 0.3) is 0 Å². The maximum absolute atomic E-state index is 11.2. The third kappa shape index (κ3) is 3.99. The fourth-order valence-electron chi connectivity index (χ4n) is 2.26. The topological polar surface area (TPSA) is 40.5 Å². The molecular formula is C17H18ClNO2. The normalized spacial score (nSPS) is 12.0. The van der Waals surface area contributed by atoms with E-state index < -0.39 is 5.97 Å². The van der Waals surface area contributed by atoms with Crippen LogP contribution < -0.4 is 4.90 Å². The van der Waals surface area contributed by atoms with Gasteiger partial charge in [-0.15, -0.1) is 0 Å². The molecule has 1 N–H and O–H groups in total. The summed E-state index contributed by atoms with van der Waals surface area (Å²) < 4.78 is 0. The van der Waals surface area contributed by atoms with Crippen molar-refractivity contribution < 1.29 is 9.90 Å². The Hall–Kier alpha value is -2.00. The summed E-state index contributed by atoms with van der Waals surface area (Å²) in [6.07, 6.45) is 0. The minimum Gasteiger partial charge on any atom is -0.480 e. The smallest absolute Gasteiger partial charge is 0.323 e. The van der Waals surface area contributed by atoms with Crippen molar-refractivity contribution in [3.05, 3.63) is 64.7 Å². The maximum atomic E-state index is 11.2. The lowest BCUT2D eigenvalue weighted by atomic mass is 10.1. The molecule has 0 aromatic heterocycles. The fraction of sp³-hybridized carbons (Fsp3) is 0.235. The fourth-order valence-corrected chi connectivity index (χ4v) is 2.38. The second-order valence-electron chi connectivity index (χ2n) is 5.08. The molecule has 0 aliphatic rings. The lowest BCUT2D eigenvalue weighted by Crippen LogP contribution is -2.32. The van der Waals surface area contributed by atoms with E-state index in [0.29, 0.717) is 5.02 Å². The van der Waals surface area contributed by atoms with Crippen LogP contribution in [0.15, 0.2) is 48.5 Å².